The van der Waals surface area contributed by atoms with Gasteiger partial charge < -0.3 is 5.73 Å². The van der Waals surface area contributed by atoms with Gasteiger partial charge in [0, 0.05) is 12.3 Å². The number of hydrogen-bond donors (Lipinski definition) is 1. The average molecular weight is 250 g/mol. The van der Waals surface area contributed by atoms with Crippen LogP contribution in [0.3, 0.4) is 0 Å². The van der Waals surface area contributed by atoms with Gasteiger partial charge >= 0.3 is 0 Å². The van der Waals surface area contributed by atoms with Crippen molar-refractivity contribution >= 4 is 22.2 Å². The molecule has 0 saturated carbocycles. The lowest BCUT2D eigenvalue weighted by Gasteiger charge is -2.09. The molecule has 86 valence electrons. The van der Waals surface area contributed by atoms with E-state index in [4.69, 9.17) is 5.73 Å². The van der Waals surface area contributed by atoms with Gasteiger partial charge in [0.05, 0.1) is 4.90 Å². The van der Waals surface area contributed by atoms with Crippen molar-refractivity contribution in [1.29, 1.82) is 0 Å². The lowest BCUT2D eigenvalue weighted by molar-refractivity contribution is 0.601. The molecule has 0 aromatic heterocycles. The Hall–Kier alpha value is -0.580. The summed E-state index contributed by atoms with van der Waals surface area (Å²) in [4.78, 5) is 0.338. The van der Waals surface area contributed by atoms with Crippen molar-refractivity contribution < 1.29 is 8.42 Å². The maximum absolute atomic E-state index is 11.2. The third kappa shape index (κ3) is 3.81. The first-order valence-corrected chi connectivity index (χ1v) is 6.40. The van der Waals surface area contributed by atoms with E-state index in [-0.39, 0.29) is 18.4 Å². The highest BCUT2D eigenvalue weighted by Gasteiger charge is 2.08. The molecule has 15 heavy (non-hydrogen) atoms. The minimum absolute atomic E-state index is 0. The Kier molecular flexibility index (Phi) is 5.28. The van der Waals surface area contributed by atoms with Crippen molar-refractivity contribution in [3.05, 3.63) is 29.8 Å². The summed E-state index contributed by atoms with van der Waals surface area (Å²) in [5.74, 6) is 0. The van der Waals surface area contributed by atoms with Gasteiger partial charge in [-0.25, -0.2) is 8.42 Å². The van der Waals surface area contributed by atoms with Gasteiger partial charge in [0.1, 0.15) is 0 Å². The van der Waals surface area contributed by atoms with Crippen molar-refractivity contribution in [2.45, 2.75) is 24.3 Å². The molecular weight excluding hydrogens is 234 g/mol. The molecule has 1 aromatic carbocycles. The summed E-state index contributed by atoms with van der Waals surface area (Å²) in [7, 11) is -3.09. The molecule has 0 heterocycles. The van der Waals surface area contributed by atoms with Gasteiger partial charge in [0.15, 0.2) is 9.84 Å². The summed E-state index contributed by atoms with van der Waals surface area (Å²) in [6.07, 6.45) is 2.04. The Bertz CT molecular complexity index is 400. The SMILES string of the molecule is CCC(N)c1ccc(S(C)(=O)=O)cc1.Cl. The monoisotopic (exact) mass is 249 g/mol. The van der Waals surface area contributed by atoms with E-state index >= 15 is 0 Å². The first-order chi connectivity index (χ1) is 6.45. The third-order valence-electron chi connectivity index (χ3n) is 2.18. The quantitative estimate of drug-likeness (QED) is 0.890. The van der Waals surface area contributed by atoms with E-state index in [1.807, 2.05) is 6.92 Å². The maximum atomic E-state index is 11.2. The number of sulfone groups is 1. The smallest absolute Gasteiger partial charge is 0.175 e. The van der Waals surface area contributed by atoms with Gasteiger partial charge in [-0.05, 0) is 24.1 Å². The zero-order chi connectivity index (χ0) is 10.8. The molecule has 0 aliphatic heterocycles. The fourth-order valence-electron chi connectivity index (χ4n) is 1.20. The lowest BCUT2D eigenvalue weighted by atomic mass is 10.1. The van der Waals surface area contributed by atoms with Crippen molar-refractivity contribution in [3.8, 4) is 0 Å². The summed E-state index contributed by atoms with van der Waals surface area (Å²) in [5, 5.41) is 0. The molecule has 0 radical (unpaired) electrons. The molecule has 0 fully saturated rings. The number of halogens is 1. The number of hydrogen-bond acceptors (Lipinski definition) is 3. The van der Waals surface area contributed by atoms with E-state index in [0.717, 1.165) is 12.0 Å². The molecule has 0 spiro atoms. The zero-order valence-corrected chi connectivity index (χ0v) is 10.4. The van der Waals surface area contributed by atoms with Crippen molar-refractivity contribution in [2.24, 2.45) is 5.73 Å². The minimum atomic E-state index is -3.09. The van der Waals surface area contributed by atoms with Gasteiger partial charge in [-0.2, -0.15) is 0 Å². The minimum Gasteiger partial charge on any atom is -0.324 e. The highest BCUT2D eigenvalue weighted by atomic mass is 35.5. The predicted octanol–water partition coefficient (Wildman–Crippen LogP) is 1.92. The van der Waals surface area contributed by atoms with E-state index in [9.17, 15) is 8.42 Å². The van der Waals surface area contributed by atoms with Crippen LogP contribution in [0.25, 0.3) is 0 Å². The van der Waals surface area contributed by atoms with E-state index in [1.165, 1.54) is 6.26 Å². The maximum Gasteiger partial charge on any atom is 0.175 e. The van der Waals surface area contributed by atoms with Gasteiger partial charge in [-0.15, -0.1) is 12.4 Å². The van der Waals surface area contributed by atoms with Crippen LogP contribution >= 0.6 is 12.4 Å². The van der Waals surface area contributed by atoms with Crippen LogP contribution in [0.1, 0.15) is 24.9 Å². The van der Waals surface area contributed by atoms with E-state index in [0.29, 0.717) is 4.90 Å². The summed E-state index contributed by atoms with van der Waals surface area (Å²) in [6, 6.07) is 6.72. The highest BCUT2D eigenvalue weighted by Crippen LogP contribution is 2.16. The molecule has 1 atom stereocenters. The third-order valence-corrected chi connectivity index (χ3v) is 3.30. The molecule has 0 bridgehead atoms. The zero-order valence-electron chi connectivity index (χ0n) is 8.80. The van der Waals surface area contributed by atoms with Gasteiger partial charge in [0.25, 0.3) is 0 Å². The van der Waals surface area contributed by atoms with Crippen LogP contribution < -0.4 is 5.73 Å². The second-order valence-electron chi connectivity index (χ2n) is 3.36. The molecule has 3 nitrogen and oxygen atoms in total. The van der Waals surface area contributed by atoms with Crippen LogP contribution in [0.15, 0.2) is 29.2 Å². The molecule has 1 unspecified atom stereocenters. The van der Waals surface area contributed by atoms with Crippen LogP contribution in [-0.4, -0.2) is 14.7 Å². The van der Waals surface area contributed by atoms with Gasteiger partial charge in [-0.3, -0.25) is 0 Å². The fraction of sp³-hybridized carbons (Fsp3) is 0.400. The molecular formula is C10H16ClNO2S. The Balaban J connectivity index is 0.00000196. The van der Waals surface area contributed by atoms with Crippen LogP contribution in [0.5, 0.6) is 0 Å². The molecule has 2 N–H and O–H groups in total. The van der Waals surface area contributed by atoms with Crippen LogP contribution in [-0.2, 0) is 9.84 Å². The molecule has 0 amide bonds. The first kappa shape index (κ1) is 14.4. The summed E-state index contributed by atoms with van der Waals surface area (Å²) in [5.41, 5.74) is 6.78. The van der Waals surface area contributed by atoms with Crippen LogP contribution in [0, 0.1) is 0 Å². The molecule has 1 aromatic rings. The Morgan fingerprint density at radius 3 is 2.07 bits per heavy atom. The lowest BCUT2D eigenvalue weighted by Crippen LogP contribution is -2.08. The highest BCUT2D eigenvalue weighted by molar-refractivity contribution is 7.90. The fourth-order valence-corrected chi connectivity index (χ4v) is 1.83. The van der Waals surface area contributed by atoms with Gasteiger partial charge in [0.2, 0.25) is 0 Å². The number of benzene rings is 1. The van der Waals surface area contributed by atoms with E-state index in [2.05, 4.69) is 0 Å². The van der Waals surface area contributed by atoms with Gasteiger partial charge in [-0.1, -0.05) is 19.1 Å². The van der Waals surface area contributed by atoms with Crippen molar-refractivity contribution in [1.82, 2.24) is 0 Å². The Morgan fingerprint density at radius 2 is 1.73 bits per heavy atom. The predicted molar refractivity (Wildman–Crippen MR) is 64.0 cm³/mol. The standard InChI is InChI=1S/C10H15NO2S.ClH/c1-3-10(11)8-4-6-9(7-5-8)14(2,12)13;/h4-7,10H,3,11H2,1-2H3;1H. The second-order valence-corrected chi connectivity index (χ2v) is 5.37. The Morgan fingerprint density at radius 1 is 1.27 bits per heavy atom. The normalized spacial score (nSPS) is 13.0. The largest absolute Gasteiger partial charge is 0.324 e. The molecule has 5 heteroatoms. The molecule has 0 saturated heterocycles. The van der Waals surface area contributed by atoms with E-state index in [1.54, 1.807) is 24.3 Å². The molecule has 1 rings (SSSR count). The second kappa shape index (κ2) is 5.49. The first-order valence-electron chi connectivity index (χ1n) is 4.50. The topological polar surface area (TPSA) is 60.2 Å². The van der Waals surface area contributed by atoms with Crippen molar-refractivity contribution in [3.63, 3.8) is 0 Å². The van der Waals surface area contributed by atoms with Crippen LogP contribution in [0.2, 0.25) is 0 Å². The summed E-state index contributed by atoms with van der Waals surface area (Å²) >= 11 is 0. The molecule has 0 aliphatic rings. The molecule has 0 aliphatic carbocycles. The average Bonchev–Trinajstić information content (AvgIpc) is 2.15. The van der Waals surface area contributed by atoms with Crippen molar-refractivity contribution in [2.75, 3.05) is 6.26 Å². The van der Waals surface area contributed by atoms with Crippen LogP contribution in [0.4, 0.5) is 0 Å². The Labute approximate surface area is 97.0 Å². The van der Waals surface area contributed by atoms with E-state index < -0.39 is 9.84 Å². The number of nitrogens with two attached hydrogens (primary N) is 1. The summed E-state index contributed by atoms with van der Waals surface area (Å²) < 4.78 is 22.3. The number of rotatable bonds is 3. The summed E-state index contributed by atoms with van der Waals surface area (Å²) in [6.45, 7) is 2.00.